The van der Waals surface area contributed by atoms with E-state index in [9.17, 15) is 0 Å². The number of guanidine groups is 1. The van der Waals surface area contributed by atoms with Crippen molar-refractivity contribution in [3.05, 3.63) is 18.2 Å². The van der Waals surface area contributed by atoms with Gasteiger partial charge in [0.2, 0.25) is 0 Å². The van der Waals surface area contributed by atoms with Crippen molar-refractivity contribution in [2.24, 2.45) is 4.99 Å². The Balaban J connectivity index is 0.00000484. The molecule has 1 aromatic carbocycles. The third kappa shape index (κ3) is 8.55. The smallest absolute Gasteiger partial charge is 0.195 e. The van der Waals surface area contributed by atoms with E-state index < -0.39 is 0 Å². The summed E-state index contributed by atoms with van der Waals surface area (Å²) in [6.07, 6.45) is 4.48. The molecular weight excluding hydrogens is 425 g/mol. The number of hydrogen-bond donors (Lipinski definition) is 2. The van der Waals surface area contributed by atoms with Crippen LogP contribution in [0.5, 0.6) is 11.5 Å². The molecule has 0 fully saturated rings. The van der Waals surface area contributed by atoms with Crippen LogP contribution in [-0.4, -0.2) is 45.3 Å². The zero-order valence-electron chi connectivity index (χ0n) is 14.3. The first-order valence-corrected chi connectivity index (χ1v) is 8.92. The van der Waals surface area contributed by atoms with Gasteiger partial charge in [-0.05, 0) is 43.9 Å². The molecule has 0 aliphatic heterocycles. The summed E-state index contributed by atoms with van der Waals surface area (Å²) in [4.78, 5) is 4.24. The highest BCUT2D eigenvalue weighted by Crippen LogP contribution is 2.30. The van der Waals surface area contributed by atoms with E-state index in [1.54, 1.807) is 14.2 Å². The fourth-order valence-electron chi connectivity index (χ4n) is 1.92. The maximum Gasteiger partial charge on any atom is 0.195 e. The molecule has 5 nitrogen and oxygen atoms in total. The lowest BCUT2D eigenvalue weighted by molar-refractivity contribution is 0.311. The van der Waals surface area contributed by atoms with Crippen LogP contribution >= 0.6 is 35.7 Å². The van der Waals surface area contributed by atoms with Crippen LogP contribution in [0.3, 0.4) is 0 Å². The topological polar surface area (TPSA) is 54.9 Å². The van der Waals surface area contributed by atoms with Crippen molar-refractivity contribution in [1.29, 1.82) is 0 Å². The van der Waals surface area contributed by atoms with Crippen LogP contribution in [0.15, 0.2) is 23.2 Å². The Morgan fingerprint density at radius 1 is 1.26 bits per heavy atom. The summed E-state index contributed by atoms with van der Waals surface area (Å²) in [6, 6.07) is 5.75. The molecule has 0 bridgehead atoms. The molecule has 0 aliphatic rings. The Kier molecular flexibility index (Phi) is 13.1. The van der Waals surface area contributed by atoms with Gasteiger partial charge < -0.3 is 20.1 Å². The standard InChI is InChI=1S/C16H27N3O2S.HI/c1-5-21-15-12-13(8-9-14(15)20-3)19-16(17-2)18-10-6-7-11-22-4;/h8-9,12H,5-7,10-11H2,1-4H3,(H2,17,18,19);1H. The van der Waals surface area contributed by atoms with Crippen LogP contribution in [0.1, 0.15) is 19.8 Å². The molecule has 0 spiro atoms. The van der Waals surface area contributed by atoms with Crippen LogP contribution in [0, 0.1) is 0 Å². The molecule has 132 valence electrons. The van der Waals surface area contributed by atoms with Crippen LogP contribution in [0.4, 0.5) is 5.69 Å². The predicted molar refractivity (Wildman–Crippen MR) is 112 cm³/mol. The van der Waals surface area contributed by atoms with Crippen LogP contribution in [-0.2, 0) is 0 Å². The summed E-state index contributed by atoms with van der Waals surface area (Å²) in [5, 5.41) is 6.58. The van der Waals surface area contributed by atoms with Gasteiger partial charge in [-0.3, -0.25) is 4.99 Å². The lowest BCUT2D eigenvalue weighted by Crippen LogP contribution is -2.31. The van der Waals surface area contributed by atoms with E-state index in [0.29, 0.717) is 6.61 Å². The number of anilines is 1. The van der Waals surface area contributed by atoms with Gasteiger partial charge >= 0.3 is 0 Å². The second-order valence-corrected chi connectivity index (χ2v) is 5.61. The van der Waals surface area contributed by atoms with Crippen molar-refractivity contribution in [3.63, 3.8) is 0 Å². The number of nitrogens with zero attached hydrogens (tertiary/aromatic N) is 1. The number of thioether (sulfide) groups is 1. The summed E-state index contributed by atoms with van der Waals surface area (Å²) in [5.41, 5.74) is 0.918. The van der Waals surface area contributed by atoms with Crippen molar-refractivity contribution in [2.75, 3.05) is 44.6 Å². The Hall–Kier alpha value is -0.830. The first-order chi connectivity index (χ1) is 10.7. The zero-order valence-corrected chi connectivity index (χ0v) is 17.5. The van der Waals surface area contributed by atoms with Gasteiger partial charge in [-0.25, -0.2) is 0 Å². The summed E-state index contributed by atoms with van der Waals surface area (Å²) in [5.74, 6) is 3.42. The summed E-state index contributed by atoms with van der Waals surface area (Å²) >= 11 is 1.88. The highest BCUT2D eigenvalue weighted by molar-refractivity contribution is 14.0. The first kappa shape index (κ1) is 22.2. The Morgan fingerprint density at radius 3 is 2.65 bits per heavy atom. The molecule has 0 heterocycles. The zero-order chi connectivity index (χ0) is 16.2. The predicted octanol–water partition coefficient (Wildman–Crippen LogP) is 3.84. The van der Waals surface area contributed by atoms with Crippen LogP contribution in [0.2, 0.25) is 0 Å². The number of aliphatic imine (C=N–C) groups is 1. The average molecular weight is 453 g/mol. The minimum Gasteiger partial charge on any atom is -0.493 e. The second kappa shape index (κ2) is 13.6. The molecule has 0 saturated carbocycles. The Morgan fingerprint density at radius 2 is 2.04 bits per heavy atom. The average Bonchev–Trinajstić information content (AvgIpc) is 2.54. The van der Waals surface area contributed by atoms with Gasteiger partial charge in [0.15, 0.2) is 17.5 Å². The molecule has 0 atom stereocenters. The van der Waals surface area contributed by atoms with Crippen molar-refractivity contribution in [3.8, 4) is 11.5 Å². The van der Waals surface area contributed by atoms with E-state index in [0.717, 1.165) is 36.1 Å². The number of methoxy groups -OCH3 is 1. The van der Waals surface area contributed by atoms with E-state index in [4.69, 9.17) is 9.47 Å². The van der Waals surface area contributed by atoms with Gasteiger partial charge in [-0.2, -0.15) is 11.8 Å². The third-order valence-electron chi connectivity index (χ3n) is 3.02. The van der Waals surface area contributed by atoms with E-state index in [-0.39, 0.29) is 24.0 Å². The minimum atomic E-state index is 0. The summed E-state index contributed by atoms with van der Waals surface area (Å²) < 4.78 is 10.9. The molecule has 0 unspecified atom stereocenters. The molecule has 1 aromatic rings. The normalized spacial score (nSPS) is 10.7. The molecule has 23 heavy (non-hydrogen) atoms. The van der Waals surface area contributed by atoms with Gasteiger partial charge in [0.25, 0.3) is 0 Å². The number of hydrogen-bond acceptors (Lipinski definition) is 4. The van der Waals surface area contributed by atoms with Gasteiger partial charge in [0.1, 0.15) is 0 Å². The van der Waals surface area contributed by atoms with E-state index >= 15 is 0 Å². The highest BCUT2D eigenvalue weighted by atomic mass is 127. The lowest BCUT2D eigenvalue weighted by Gasteiger charge is -2.14. The first-order valence-electron chi connectivity index (χ1n) is 7.52. The number of nitrogens with one attached hydrogen (secondary N) is 2. The van der Waals surface area contributed by atoms with E-state index in [1.165, 1.54) is 12.2 Å². The summed E-state index contributed by atoms with van der Waals surface area (Å²) in [6.45, 7) is 3.46. The number of ether oxygens (including phenoxy) is 2. The van der Waals surface area contributed by atoms with E-state index in [1.807, 2.05) is 36.9 Å². The van der Waals surface area contributed by atoms with Gasteiger partial charge in [-0.15, -0.1) is 24.0 Å². The molecular formula is C16H28IN3O2S. The quantitative estimate of drug-likeness (QED) is 0.258. The largest absolute Gasteiger partial charge is 0.493 e. The Labute approximate surface area is 161 Å². The fraction of sp³-hybridized carbons (Fsp3) is 0.562. The molecule has 0 aromatic heterocycles. The number of rotatable bonds is 9. The minimum absolute atomic E-state index is 0. The second-order valence-electron chi connectivity index (χ2n) is 4.62. The Bertz CT molecular complexity index is 473. The van der Waals surface area contributed by atoms with Gasteiger partial charge in [0, 0.05) is 25.3 Å². The lowest BCUT2D eigenvalue weighted by atomic mass is 10.2. The number of halogens is 1. The van der Waals surface area contributed by atoms with Gasteiger partial charge in [0.05, 0.1) is 13.7 Å². The van der Waals surface area contributed by atoms with Crippen LogP contribution < -0.4 is 20.1 Å². The molecule has 0 aliphatic carbocycles. The van der Waals surface area contributed by atoms with E-state index in [2.05, 4.69) is 21.9 Å². The molecule has 1 rings (SSSR count). The van der Waals surface area contributed by atoms with Crippen molar-refractivity contribution in [2.45, 2.75) is 19.8 Å². The van der Waals surface area contributed by atoms with Crippen molar-refractivity contribution >= 4 is 47.4 Å². The SMILES string of the molecule is CCOc1cc(NC(=NC)NCCCCSC)ccc1OC.I. The maximum atomic E-state index is 5.58. The van der Waals surface area contributed by atoms with Crippen LogP contribution in [0.25, 0.3) is 0 Å². The fourth-order valence-corrected chi connectivity index (χ4v) is 2.41. The molecule has 0 radical (unpaired) electrons. The highest BCUT2D eigenvalue weighted by Gasteiger charge is 2.06. The van der Waals surface area contributed by atoms with Crippen molar-refractivity contribution in [1.82, 2.24) is 5.32 Å². The molecule has 0 saturated heterocycles. The number of benzene rings is 1. The van der Waals surface area contributed by atoms with Crippen molar-refractivity contribution < 1.29 is 9.47 Å². The maximum absolute atomic E-state index is 5.58. The molecule has 0 amide bonds. The van der Waals surface area contributed by atoms with Gasteiger partial charge in [-0.1, -0.05) is 0 Å². The summed E-state index contributed by atoms with van der Waals surface area (Å²) in [7, 11) is 3.41. The molecule has 2 N–H and O–H groups in total. The third-order valence-corrected chi connectivity index (χ3v) is 3.71. The number of unbranched alkanes of at least 4 members (excludes halogenated alkanes) is 1. The monoisotopic (exact) mass is 453 g/mol. The molecule has 7 heteroatoms.